The van der Waals surface area contributed by atoms with Gasteiger partial charge in [0, 0.05) is 31.0 Å². The topological polar surface area (TPSA) is 77.7 Å². The van der Waals surface area contributed by atoms with Gasteiger partial charge in [0.25, 0.3) is 0 Å². The van der Waals surface area contributed by atoms with Crippen LogP contribution in [-0.4, -0.2) is 47.8 Å². The summed E-state index contributed by atoms with van der Waals surface area (Å²) in [4.78, 5) is 19.5. The van der Waals surface area contributed by atoms with Gasteiger partial charge >= 0.3 is 0 Å². The van der Waals surface area contributed by atoms with Crippen molar-refractivity contribution in [1.82, 2.24) is 15.0 Å². The molecule has 2 aliphatic rings. The molecule has 2 aromatic carbocycles. The van der Waals surface area contributed by atoms with Gasteiger partial charge in [0.2, 0.25) is 17.6 Å². The number of methoxy groups -OCH3 is 1. The van der Waals surface area contributed by atoms with Crippen LogP contribution in [0.4, 0.5) is 0 Å². The van der Waals surface area contributed by atoms with E-state index in [1.54, 1.807) is 7.11 Å². The fourth-order valence-corrected chi connectivity index (χ4v) is 4.91. The molecule has 34 heavy (non-hydrogen) atoms. The lowest BCUT2D eigenvalue weighted by Crippen LogP contribution is -2.38. The maximum atomic E-state index is 12.8. The van der Waals surface area contributed by atoms with Crippen molar-refractivity contribution in [3.8, 4) is 22.9 Å². The highest BCUT2D eigenvalue weighted by Crippen LogP contribution is 2.49. The van der Waals surface area contributed by atoms with Crippen LogP contribution >= 0.6 is 0 Å². The minimum Gasteiger partial charge on any atom is -0.493 e. The second-order valence-corrected chi connectivity index (χ2v) is 9.13. The van der Waals surface area contributed by atoms with Gasteiger partial charge in [-0.15, -0.1) is 0 Å². The highest BCUT2D eigenvalue weighted by atomic mass is 16.5. The molecule has 178 valence electrons. The van der Waals surface area contributed by atoms with Gasteiger partial charge in [-0.3, -0.25) is 4.79 Å². The van der Waals surface area contributed by atoms with Crippen LogP contribution < -0.4 is 9.47 Å². The molecule has 5 rings (SSSR count). The van der Waals surface area contributed by atoms with Crippen molar-refractivity contribution in [2.45, 2.75) is 44.4 Å². The van der Waals surface area contributed by atoms with Gasteiger partial charge in [0.1, 0.15) is 0 Å². The Hall–Kier alpha value is -3.35. The van der Waals surface area contributed by atoms with Crippen molar-refractivity contribution in [2.24, 2.45) is 5.92 Å². The molecule has 2 atom stereocenters. The van der Waals surface area contributed by atoms with E-state index in [0.29, 0.717) is 48.1 Å². The first-order chi connectivity index (χ1) is 16.7. The highest BCUT2D eigenvalue weighted by Gasteiger charge is 2.40. The van der Waals surface area contributed by atoms with Crippen LogP contribution in [0.25, 0.3) is 11.4 Å². The van der Waals surface area contributed by atoms with E-state index in [9.17, 15) is 4.79 Å². The van der Waals surface area contributed by atoms with E-state index in [-0.39, 0.29) is 11.8 Å². The smallest absolute Gasteiger partial charge is 0.230 e. The third kappa shape index (κ3) is 4.79. The predicted octanol–water partition coefficient (Wildman–Crippen LogP) is 5.04. The minimum atomic E-state index is 0.174. The zero-order valence-electron chi connectivity index (χ0n) is 19.8. The van der Waals surface area contributed by atoms with Gasteiger partial charge in [0.05, 0.1) is 13.7 Å². The molecule has 0 spiro atoms. The Morgan fingerprint density at radius 1 is 1.12 bits per heavy atom. The number of rotatable bonds is 8. The number of amides is 1. The Morgan fingerprint density at radius 2 is 1.91 bits per heavy atom. The Morgan fingerprint density at radius 3 is 2.65 bits per heavy atom. The van der Waals surface area contributed by atoms with E-state index in [4.69, 9.17) is 14.0 Å². The summed E-state index contributed by atoms with van der Waals surface area (Å²) in [5, 5.41) is 4.19. The van der Waals surface area contributed by atoms with Crippen LogP contribution in [0.2, 0.25) is 0 Å². The number of carbonyl (C=O) groups is 1. The van der Waals surface area contributed by atoms with Gasteiger partial charge < -0.3 is 18.9 Å². The molecule has 0 radical (unpaired) electrons. The molecule has 0 bridgehead atoms. The summed E-state index contributed by atoms with van der Waals surface area (Å²) in [5.41, 5.74) is 2.18. The predicted molar refractivity (Wildman–Crippen MR) is 128 cm³/mol. The molecule has 7 heteroatoms. The summed E-state index contributed by atoms with van der Waals surface area (Å²) >= 11 is 0. The highest BCUT2D eigenvalue weighted by molar-refractivity contribution is 5.77. The van der Waals surface area contributed by atoms with Crippen molar-refractivity contribution in [2.75, 3.05) is 26.8 Å². The Balaban J connectivity index is 1.15. The summed E-state index contributed by atoms with van der Waals surface area (Å²) in [5.74, 6) is 3.98. The van der Waals surface area contributed by atoms with E-state index in [1.165, 1.54) is 5.56 Å². The summed E-state index contributed by atoms with van der Waals surface area (Å²) < 4.78 is 16.6. The number of hydrogen-bond donors (Lipinski definition) is 0. The molecular formula is C27H31N3O4. The molecule has 1 saturated carbocycles. The van der Waals surface area contributed by atoms with E-state index < -0.39 is 0 Å². The fourth-order valence-electron chi connectivity index (χ4n) is 4.91. The van der Waals surface area contributed by atoms with Crippen LogP contribution in [0.15, 0.2) is 53.1 Å². The Bertz CT molecular complexity index is 1120. The number of hydrogen-bond acceptors (Lipinski definition) is 6. The maximum absolute atomic E-state index is 12.8. The monoisotopic (exact) mass is 461 g/mol. The van der Waals surface area contributed by atoms with Gasteiger partial charge in [-0.05, 0) is 61.8 Å². The Labute approximate surface area is 200 Å². The molecule has 2 heterocycles. The standard InChI is InChI=1S/C27H31N3O4/c1-3-33-23-10-9-20(16-24(23)32-2)26-28-27(34-29-26)19-11-13-30(14-12-19)25(31)17-21-15-22(21)18-7-5-4-6-8-18/h4-10,16,19,21-22H,3,11-15,17H2,1-2H3. The minimum absolute atomic E-state index is 0.174. The number of ether oxygens (including phenoxy) is 2. The number of piperidine rings is 1. The number of benzene rings is 2. The molecule has 1 amide bonds. The van der Waals surface area contributed by atoms with Gasteiger partial charge in [-0.1, -0.05) is 35.5 Å². The SMILES string of the molecule is CCOc1ccc(-c2noc(C3CCN(C(=O)CC4CC4c4ccccc4)CC3)n2)cc1OC. The van der Waals surface area contributed by atoms with Crippen LogP contribution in [0.5, 0.6) is 11.5 Å². The molecule has 2 unspecified atom stereocenters. The molecule has 1 aliphatic heterocycles. The fraction of sp³-hybridized carbons (Fsp3) is 0.444. The molecule has 0 N–H and O–H groups in total. The summed E-state index contributed by atoms with van der Waals surface area (Å²) in [6.45, 7) is 3.98. The molecule has 1 aromatic heterocycles. The van der Waals surface area contributed by atoms with E-state index in [0.717, 1.165) is 37.9 Å². The van der Waals surface area contributed by atoms with Crippen molar-refractivity contribution < 1.29 is 18.8 Å². The van der Waals surface area contributed by atoms with E-state index in [1.807, 2.05) is 36.1 Å². The second-order valence-electron chi connectivity index (χ2n) is 9.13. The van der Waals surface area contributed by atoms with Crippen molar-refractivity contribution in [1.29, 1.82) is 0 Å². The first-order valence-electron chi connectivity index (χ1n) is 12.1. The largest absolute Gasteiger partial charge is 0.493 e. The first-order valence-corrected chi connectivity index (χ1v) is 12.1. The third-order valence-electron chi connectivity index (χ3n) is 6.95. The molecule has 3 aromatic rings. The van der Waals surface area contributed by atoms with Gasteiger partial charge in [0.15, 0.2) is 11.5 Å². The molecule has 1 aliphatic carbocycles. The van der Waals surface area contributed by atoms with Crippen molar-refractivity contribution >= 4 is 5.91 Å². The number of carbonyl (C=O) groups excluding carboxylic acids is 1. The van der Waals surface area contributed by atoms with Gasteiger partial charge in [-0.2, -0.15) is 4.98 Å². The summed E-state index contributed by atoms with van der Waals surface area (Å²) in [6, 6.07) is 16.2. The lowest BCUT2D eigenvalue weighted by Gasteiger charge is -2.30. The number of aromatic nitrogens is 2. The zero-order chi connectivity index (χ0) is 23.5. The van der Waals surface area contributed by atoms with Crippen LogP contribution in [0, 0.1) is 5.92 Å². The average molecular weight is 462 g/mol. The van der Waals surface area contributed by atoms with Crippen molar-refractivity contribution in [3.63, 3.8) is 0 Å². The lowest BCUT2D eigenvalue weighted by molar-refractivity contribution is -0.132. The van der Waals surface area contributed by atoms with Crippen LogP contribution in [0.1, 0.15) is 55.9 Å². The van der Waals surface area contributed by atoms with E-state index >= 15 is 0 Å². The van der Waals surface area contributed by atoms with Crippen molar-refractivity contribution in [3.05, 3.63) is 60.0 Å². The lowest BCUT2D eigenvalue weighted by atomic mass is 9.96. The Kier molecular flexibility index (Phi) is 6.52. The third-order valence-corrected chi connectivity index (χ3v) is 6.95. The zero-order valence-corrected chi connectivity index (χ0v) is 19.8. The van der Waals surface area contributed by atoms with E-state index in [2.05, 4.69) is 34.4 Å². The molecule has 1 saturated heterocycles. The second kappa shape index (κ2) is 9.87. The normalized spacial score (nSPS) is 20.2. The molecular weight excluding hydrogens is 430 g/mol. The summed E-state index contributed by atoms with van der Waals surface area (Å²) in [6.07, 6.45) is 3.45. The first kappa shape index (κ1) is 22.4. The maximum Gasteiger partial charge on any atom is 0.230 e. The molecule has 7 nitrogen and oxygen atoms in total. The molecule has 2 fully saturated rings. The number of likely N-dealkylation sites (tertiary alicyclic amines) is 1. The average Bonchev–Trinajstić information content (AvgIpc) is 3.47. The van der Waals surface area contributed by atoms with Gasteiger partial charge in [-0.25, -0.2) is 0 Å². The van der Waals surface area contributed by atoms with Crippen LogP contribution in [0.3, 0.4) is 0 Å². The number of nitrogens with zero attached hydrogens (tertiary/aromatic N) is 3. The van der Waals surface area contributed by atoms with Crippen LogP contribution in [-0.2, 0) is 4.79 Å². The summed E-state index contributed by atoms with van der Waals surface area (Å²) in [7, 11) is 1.61. The quantitative estimate of drug-likeness (QED) is 0.468.